The van der Waals surface area contributed by atoms with Crippen LogP contribution >= 0.6 is 0 Å². The Labute approximate surface area is 146 Å². The van der Waals surface area contributed by atoms with Gasteiger partial charge in [0.15, 0.2) is 0 Å². The monoisotopic (exact) mass is 333 g/mol. The molecule has 0 bridgehead atoms. The summed E-state index contributed by atoms with van der Waals surface area (Å²) in [5, 5.41) is 10.6. The Bertz CT molecular complexity index is 515. The van der Waals surface area contributed by atoms with Crippen LogP contribution in [0.4, 0.5) is 4.79 Å². The molecule has 134 valence electrons. The van der Waals surface area contributed by atoms with E-state index in [1.807, 2.05) is 64.1 Å². The number of allylic oxidation sites excluding steroid dienone is 1. The van der Waals surface area contributed by atoms with E-state index in [9.17, 15) is 9.90 Å². The van der Waals surface area contributed by atoms with Gasteiger partial charge in [0.2, 0.25) is 0 Å². The molecule has 1 N–H and O–H groups in total. The van der Waals surface area contributed by atoms with Crippen molar-refractivity contribution in [2.75, 3.05) is 0 Å². The molecule has 4 nitrogen and oxygen atoms in total. The number of ether oxygens (including phenoxy) is 1. The van der Waals surface area contributed by atoms with Crippen molar-refractivity contribution in [3.05, 3.63) is 47.7 Å². The largest absolute Gasteiger partial charge is 0.415 e. The van der Waals surface area contributed by atoms with Crippen molar-refractivity contribution in [1.82, 2.24) is 4.90 Å². The molecule has 0 aromatic heterocycles. The molecule has 1 amide bonds. The van der Waals surface area contributed by atoms with Gasteiger partial charge in [0.05, 0.1) is 0 Å². The van der Waals surface area contributed by atoms with E-state index >= 15 is 0 Å². The van der Waals surface area contributed by atoms with E-state index in [-0.39, 0.29) is 12.1 Å². The zero-order valence-corrected chi connectivity index (χ0v) is 15.5. The van der Waals surface area contributed by atoms with Gasteiger partial charge in [0.25, 0.3) is 0 Å². The second-order valence-corrected chi connectivity index (χ2v) is 6.52. The van der Waals surface area contributed by atoms with E-state index in [0.717, 1.165) is 19.3 Å². The summed E-state index contributed by atoms with van der Waals surface area (Å²) in [6.45, 7) is 9.92. The molecule has 1 atom stereocenters. The van der Waals surface area contributed by atoms with Gasteiger partial charge < -0.3 is 14.7 Å². The average Bonchev–Trinajstić information content (AvgIpc) is 2.53. The molecule has 1 aromatic carbocycles. The van der Waals surface area contributed by atoms with Gasteiger partial charge in [-0.3, -0.25) is 0 Å². The Morgan fingerprint density at radius 1 is 1.17 bits per heavy atom. The molecule has 1 aromatic rings. The molecule has 0 aliphatic carbocycles. The number of hydrogen-bond donors (Lipinski definition) is 1. The second kappa shape index (κ2) is 10.1. The van der Waals surface area contributed by atoms with Gasteiger partial charge in [-0.25, -0.2) is 4.79 Å². The molecule has 1 rings (SSSR count). The molecule has 24 heavy (non-hydrogen) atoms. The Kier molecular flexibility index (Phi) is 8.55. The standard InChI is InChI=1S/C20H31NO3/c1-6-7-9-14-18(19(22)17-12-10-8-11-13-17)24-20(23)21(15(2)3)16(4)5/h8,10-16,19,22H,6-7,9H2,1-5H3/b18-14+. The number of nitrogens with zero attached hydrogens (tertiary/aromatic N) is 1. The lowest BCUT2D eigenvalue weighted by molar-refractivity contribution is 0.0737. The van der Waals surface area contributed by atoms with E-state index in [1.165, 1.54) is 0 Å². The lowest BCUT2D eigenvalue weighted by atomic mass is 10.1. The predicted molar refractivity (Wildman–Crippen MR) is 97.6 cm³/mol. The fourth-order valence-corrected chi connectivity index (χ4v) is 2.63. The summed E-state index contributed by atoms with van der Waals surface area (Å²) in [5.41, 5.74) is 0.716. The molecular weight excluding hydrogens is 302 g/mol. The Hall–Kier alpha value is -1.81. The Balaban J connectivity index is 2.98. The summed E-state index contributed by atoms with van der Waals surface area (Å²) in [4.78, 5) is 14.2. The number of benzene rings is 1. The van der Waals surface area contributed by atoms with Crippen LogP contribution < -0.4 is 0 Å². The third kappa shape index (κ3) is 6.00. The topological polar surface area (TPSA) is 49.8 Å². The van der Waals surface area contributed by atoms with Crippen LogP contribution in [0.25, 0.3) is 0 Å². The van der Waals surface area contributed by atoms with E-state index in [1.54, 1.807) is 4.90 Å². The number of unbranched alkanes of at least 4 members (excludes halogenated alkanes) is 2. The summed E-state index contributed by atoms with van der Waals surface area (Å²) in [5.74, 6) is 0.311. The molecular formula is C20H31NO3. The van der Waals surface area contributed by atoms with Crippen LogP contribution in [0.2, 0.25) is 0 Å². The van der Waals surface area contributed by atoms with E-state index in [4.69, 9.17) is 4.74 Å². The van der Waals surface area contributed by atoms with Crippen molar-refractivity contribution in [2.45, 2.75) is 72.1 Å². The molecule has 0 aliphatic rings. The first-order valence-electron chi connectivity index (χ1n) is 8.81. The Morgan fingerprint density at radius 3 is 2.25 bits per heavy atom. The Morgan fingerprint density at radius 2 is 1.75 bits per heavy atom. The fourth-order valence-electron chi connectivity index (χ4n) is 2.63. The van der Waals surface area contributed by atoms with Crippen molar-refractivity contribution in [3.63, 3.8) is 0 Å². The van der Waals surface area contributed by atoms with Gasteiger partial charge in [-0.1, -0.05) is 43.7 Å². The minimum absolute atomic E-state index is 0.0308. The van der Waals surface area contributed by atoms with Gasteiger partial charge in [-0.2, -0.15) is 0 Å². The van der Waals surface area contributed by atoms with Crippen molar-refractivity contribution < 1.29 is 14.6 Å². The zero-order chi connectivity index (χ0) is 18.1. The number of aliphatic hydroxyl groups is 1. The summed E-state index contributed by atoms with van der Waals surface area (Å²) in [6, 6.07) is 9.33. The molecule has 0 saturated carbocycles. The summed E-state index contributed by atoms with van der Waals surface area (Å²) in [7, 11) is 0. The van der Waals surface area contributed by atoms with Gasteiger partial charge >= 0.3 is 6.09 Å². The lowest BCUT2D eigenvalue weighted by Gasteiger charge is -2.30. The third-order valence-electron chi connectivity index (χ3n) is 3.82. The minimum atomic E-state index is -0.937. The van der Waals surface area contributed by atoms with Crippen molar-refractivity contribution in [2.24, 2.45) is 0 Å². The molecule has 0 radical (unpaired) electrons. The highest BCUT2D eigenvalue weighted by atomic mass is 16.6. The van der Waals surface area contributed by atoms with E-state index in [2.05, 4.69) is 6.92 Å². The highest BCUT2D eigenvalue weighted by Gasteiger charge is 2.25. The smallest absolute Gasteiger partial charge is 0.412 e. The summed E-state index contributed by atoms with van der Waals surface area (Å²) >= 11 is 0. The number of carbonyl (C=O) groups is 1. The molecule has 0 fully saturated rings. The lowest BCUT2D eigenvalue weighted by Crippen LogP contribution is -2.42. The highest BCUT2D eigenvalue weighted by molar-refractivity contribution is 5.69. The highest BCUT2D eigenvalue weighted by Crippen LogP contribution is 2.24. The van der Waals surface area contributed by atoms with Crippen LogP contribution in [0.5, 0.6) is 0 Å². The first kappa shape index (κ1) is 20.2. The maximum Gasteiger partial charge on any atom is 0.415 e. The molecule has 0 heterocycles. The quantitative estimate of drug-likeness (QED) is 0.535. The minimum Gasteiger partial charge on any atom is -0.412 e. The second-order valence-electron chi connectivity index (χ2n) is 6.52. The van der Waals surface area contributed by atoms with Gasteiger partial charge in [0.1, 0.15) is 11.9 Å². The van der Waals surface area contributed by atoms with Crippen LogP contribution in [0.15, 0.2) is 42.2 Å². The van der Waals surface area contributed by atoms with Crippen molar-refractivity contribution in [1.29, 1.82) is 0 Å². The van der Waals surface area contributed by atoms with Crippen LogP contribution in [-0.2, 0) is 4.74 Å². The molecule has 0 saturated heterocycles. The van der Waals surface area contributed by atoms with Crippen LogP contribution in [0.3, 0.4) is 0 Å². The summed E-state index contributed by atoms with van der Waals surface area (Å²) in [6.07, 6.45) is 3.28. The summed E-state index contributed by atoms with van der Waals surface area (Å²) < 4.78 is 5.60. The van der Waals surface area contributed by atoms with Crippen molar-refractivity contribution in [3.8, 4) is 0 Å². The number of rotatable bonds is 8. The number of aliphatic hydroxyl groups excluding tert-OH is 1. The average molecular weight is 333 g/mol. The predicted octanol–water partition coefficient (Wildman–Crippen LogP) is 5.05. The SMILES string of the molecule is CCCC/C=C(/OC(=O)N(C(C)C)C(C)C)C(O)c1ccccc1. The maximum atomic E-state index is 12.6. The molecule has 1 unspecified atom stereocenters. The van der Waals surface area contributed by atoms with Crippen LogP contribution in [0, 0.1) is 0 Å². The van der Waals surface area contributed by atoms with Crippen molar-refractivity contribution >= 4 is 6.09 Å². The zero-order valence-electron chi connectivity index (χ0n) is 15.5. The van der Waals surface area contributed by atoms with Gasteiger partial charge in [0, 0.05) is 12.1 Å². The molecule has 4 heteroatoms. The van der Waals surface area contributed by atoms with Crippen LogP contribution in [-0.4, -0.2) is 28.2 Å². The van der Waals surface area contributed by atoms with Crippen LogP contribution in [0.1, 0.15) is 65.5 Å². The molecule has 0 spiro atoms. The normalized spacial score (nSPS) is 13.2. The number of hydrogen-bond acceptors (Lipinski definition) is 3. The van der Waals surface area contributed by atoms with Gasteiger partial charge in [-0.05, 0) is 52.2 Å². The number of amides is 1. The van der Waals surface area contributed by atoms with E-state index in [0.29, 0.717) is 11.3 Å². The number of carbonyl (C=O) groups excluding carboxylic acids is 1. The fraction of sp³-hybridized carbons (Fsp3) is 0.550. The molecule has 0 aliphatic heterocycles. The third-order valence-corrected chi connectivity index (χ3v) is 3.82. The first-order chi connectivity index (χ1) is 11.4. The first-order valence-corrected chi connectivity index (χ1v) is 8.81. The van der Waals surface area contributed by atoms with Gasteiger partial charge in [-0.15, -0.1) is 0 Å². The maximum absolute atomic E-state index is 12.6. The van der Waals surface area contributed by atoms with E-state index < -0.39 is 12.2 Å².